The fourth-order valence-electron chi connectivity index (χ4n) is 2.84. The molecule has 1 heterocycles. The second kappa shape index (κ2) is 6.84. The molecule has 0 amide bonds. The Morgan fingerprint density at radius 1 is 1.20 bits per heavy atom. The van der Waals surface area contributed by atoms with Crippen LogP contribution < -0.4 is 4.72 Å². The van der Waals surface area contributed by atoms with E-state index in [4.69, 9.17) is 4.74 Å². The SMILES string of the molecule is O=C(O)C(NS(=O)(=O)N1CCOCC1)C1CCCCC1. The topological polar surface area (TPSA) is 95.9 Å². The number of rotatable bonds is 5. The Hall–Kier alpha value is -0.700. The lowest BCUT2D eigenvalue weighted by atomic mass is 9.84. The van der Waals surface area contributed by atoms with Crippen molar-refractivity contribution in [3.63, 3.8) is 0 Å². The van der Waals surface area contributed by atoms with Crippen LogP contribution in [-0.4, -0.2) is 56.1 Å². The molecular formula is C12H22N2O5S. The molecule has 1 atom stereocenters. The van der Waals surface area contributed by atoms with E-state index in [1.165, 1.54) is 4.31 Å². The summed E-state index contributed by atoms with van der Waals surface area (Å²) in [6, 6.07) is -1.02. The monoisotopic (exact) mass is 306 g/mol. The van der Waals surface area contributed by atoms with Crippen LogP contribution in [0.4, 0.5) is 0 Å². The van der Waals surface area contributed by atoms with E-state index in [2.05, 4.69) is 4.72 Å². The van der Waals surface area contributed by atoms with Gasteiger partial charge < -0.3 is 9.84 Å². The van der Waals surface area contributed by atoms with Crippen LogP contribution in [0.3, 0.4) is 0 Å². The van der Waals surface area contributed by atoms with E-state index in [0.29, 0.717) is 13.2 Å². The van der Waals surface area contributed by atoms with Crippen molar-refractivity contribution >= 4 is 16.2 Å². The van der Waals surface area contributed by atoms with Gasteiger partial charge in [-0.3, -0.25) is 4.79 Å². The molecule has 2 N–H and O–H groups in total. The summed E-state index contributed by atoms with van der Waals surface area (Å²) in [7, 11) is -3.75. The quantitative estimate of drug-likeness (QED) is 0.756. The van der Waals surface area contributed by atoms with E-state index in [-0.39, 0.29) is 19.0 Å². The molecule has 0 aromatic heterocycles. The minimum atomic E-state index is -3.75. The van der Waals surface area contributed by atoms with Crippen LogP contribution in [0.5, 0.6) is 0 Å². The number of ether oxygens (including phenoxy) is 1. The molecule has 1 unspecified atom stereocenters. The molecule has 0 radical (unpaired) electrons. The van der Waals surface area contributed by atoms with Crippen LogP contribution in [0.2, 0.25) is 0 Å². The highest BCUT2D eigenvalue weighted by Gasteiger charge is 2.35. The third-order valence-corrected chi connectivity index (χ3v) is 5.57. The van der Waals surface area contributed by atoms with Crippen LogP contribution in [0.25, 0.3) is 0 Å². The summed E-state index contributed by atoms with van der Waals surface area (Å²) in [5.41, 5.74) is 0. The molecule has 2 rings (SSSR count). The molecule has 0 aromatic carbocycles. The lowest BCUT2D eigenvalue weighted by molar-refractivity contribution is -0.140. The number of nitrogens with zero attached hydrogens (tertiary/aromatic N) is 1. The molecule has 1 aliphatic heterocycles. The lowest BCUT2D eigenvalue weighted by Gasteiger charge is -2.31. The summed E-state index contributed by atoms with van der Waals surface area (Å²) < 4.78 is 33.2. The van der Waals surface area contributed by atoms with E-state index in [1.54, 1.807) is 0 Å². The van der Waals surface area contributed by atoms with E-state index < -0.39 is 22.2 Å². The molecule has 2 aliphatic rings. The highest BCUT2D eigenvalue weighted by atomic mass is 32.2. The van der Waals surface area contributed by atoms with Crippen molar-refractivity contribution in [1.82, 2.24) is 9.03 Å². The van der Waals surface area contributed by atoms with Crippen molar-refractivity contribution in [3.8, 4) is 0 Å². The molecule has 1 saturated carbocycles. The molecule has 20 heavy (non-hydrogen) atoms. The number of carboxylic acid groups (broad SMARTS) is 1. The van der Waals surface area contributed by atoms with E-state index in [0.717, 1.165) is 32.1 Å². The molecule has 0 aromatic rings. The molecule has 0 spiro atoms. The predicted molar refractivity (Wildman–Crippen MR) is 72.4 cm³/mol. The minimum absolute atomic E-state index is 0.114. The van der Waals surface area contributed by atoms with Gasteiger partial charge in [-0.05, 0) is 18.8 Å². The summed E-state index contributed by atoms with van der Waals surface area (Å²) in [4.78, 5) is 11.4. The molecule has 116 valence electrons. The Morgan fingerprint density at radius 2 is 1.80 bits per heavy atom. The first kappa shape index (κ1) is 15.7. The van der Waals surface area contributed by atoms with E-state index >= 15 is 0 Å². The summed E-state index contributed by atoms with van der Waals surface area (Å²) in [5.74, 6) is -1.20. The number of morpholine rings is 1. The summed E-state index contributed by atoms with van der Waals surface area (Å²) in [6.45, 7) is 1.24. The summed E-state index contributed by atoms with van der Waals surface area (Å²) >= 11 is 0. The first-order valence-corrected chi connectivity index (χ1v) is 8.52. The Kier molecular flexibility index (Phi) is 5.36. The Morgan fingerprint density at radius 3 is 2.35 bits per heavy atom. The zero-order chi connectivity index (χ0) is 14.6. The van der Waals surface area contributed by atoms with E-state index in [9.17, 15) is 18.3 Å². The maximum atomic E-state index is 12.2. The van der Waals surface area contributed by atoms with Crippen molar-refractivity contribution in [3.05, 3.63) is 0 Å². The Bertz CT molecular complexity index is 427. The second-order valence-electron chi connectivity index (χ2n) is 5.35. The van der Waals surface area contributed by atoms with Crippen molar-refractivity contribution in [2.24, 2.45) is 5.92 Å². The van der Waals surface area contributed by atoms with Gasteiger partial charge in [0.15, 0.2) is 0 Å². The number of aliphatic carboxylic acids is 1. The second-order valence-corrected chi connectivity index (χ2v) is 7.05. The number of nitrogens with one attached hydrogen (secondary N) is 1. The molecule has 2 fully saturated rings. The third kappa shape index (κ3) is 3.91. The first-order valence-electron chi connectivity index (χ1n) is 7.08. The largest absolute Gasteiger partial charge is 0.480 e. The van der Waals surface area contributed by atoms with Gasteiger partial charge in [0.25, 0.3) is 10.2 Å². The number of hydrogen-bond acceptors (Lipinski definition) is 4. The molecule has 7 nitrogen and oxygen atoms in total. The molecule has 1 aliphatic carbocycles. The standard InChI is InChI=1S/C12H22N2O5S/c15-12(16)11(10-4-2-1-3-5-10)13-20(17,18)14-6-8-19-9-7-14/h10-11,13H,1-9H2,(H,15,16). The molecular weight excluding hydrogens is 284 g/mol. The average molecular weight is 306 g/mol. The van der Waals surface area contributed by atoms with Crippen LogP contribution in [0, 0.1) is 5.92 Å². The van der Waals surface area contributed by atoms with Gasteiger partial charge in [-0.15, -0.1) is 0 Å². The molecule has 0 bridgehead atoms. The average Bonchev–Trinajstić information content (AvgIpc) is 2.46. The van der Waals surface area contributed by atoms with Gasteiger partial charge in [0, 0.05) is 13.1 Å². The normalized spacial score (nSPS) is 24.4. The fraction of sp³-hybridized carbons (Fsp3) is 0.917. The van der Waals surface area contributed by atoms with Crippen LogP contribution in [-0.2, 0) is 19.7 Å². The molecule has 8 heteroatoms. The van der Waals surface area contributed by atoms with Crippen molar-refractivity contribution < 1.29 is 23.1 Å². The lowest BCUT2D eigenvalue weighted by Crippen LogP contribution is -2.53. The summed E-state index contributed by atoms with van der Waals surface area (Å²) in [5, 5.41) is 9.32. The van der Waals surface area contributed by atoms with Gasteiger partial charge in [0.2, 0.25) is 0 Å². The van der Waals surface area contributed by atoms with Crippen LogP contribution in [0.15, 0.2) is 0 Å². The molecule has 1 saturated heterocycles. The van der Waals surface area contributed by atoms with Gasteiger partial charge in [-0.1, -0.05) is 19.3 Å². The Balaban J connectivity index is 2.04. The zero-order valence-electron chi connectivity index (χ0n) is 11.5. The zero-order valence-corrected chi connectivity index (χ0v) is 12.3. The summed E-state index contributed by atoms with van der Waals surface area (Å²) in [6.07, 6.45) is 4.56. The van der Waals surface area contributed by atoms with Gasteiger partial charge in [-0.2, -0.15) is 17.4 Å². The van der Waals surface area contributed by atoms with Crippen molar-refractivity contribution in [2.75, 3.05) is 26.3 Å². The highest BCUT2D eigenvalue weighted by Crippen LogP contribution is 2.27. The highest BCUT2D eigenvalue weighted by molar-refractivity contribution is 7.87. The van der Waals surface area contributed by atoms with E-state index in [1.807, 2.05) is 0 Å². The maximum Gasteiger partial charge on any atom is 0.322 e. The maximum absolute atomic E-state index is 12.2. The van der Waals surface area contributed by atoms with Crippen molar-refractivity contribution in [2.45, 2.75) is 38.1 Å². The number of hydrogen-bond donors (Lipinski definition) is 2. The smallest absolute Gasteiger partial charge is 0.322 e. The van der Waals surface area contributed by atoms with Gasteiger partial charge in [0.05, 0.1) is 13.2 Å². The van der Waals surface area contributed by atoms with Crippen molar-refractivity contribution in [1.29, 1.82) is 0 Å². The van der Waals surface area contributed by atoms with Gasteiger partial charge in [0.1, 0.15) is 6.04 Å². The van der Waals surface area contributed by atoms with Gasteiger partial charge in [-0.25, -0.2) is 0 Å². The number of carbonyl (C=O) groups is 1. The Labute approximate surface area is 119 Å². The van der Waals surface area contributed by atoms with Gasteiger partial charge >= 0.3 is 5.97 Å². The first-order chi connectivity index (χ1) is 9.50. The number of carboxylic acids is 1. The minimum Gasteiger partial charge on any atom is -0.480 e. The van der Waals surface area contributed by atoms with Crippen LogP contribution in [0.1, 0.15) is 32.1 Å². The predicted octanol–water partition coefficient (Wildman–Crippen LogP) is 0.186. The van der Waals surface area contributed by atoms with Crippen LogP contribution >= 0.6 is 0 Å². The third-order valence-electron chi connectivity index (χ3n) is 3.97. The fourth-order valence-corrected chi connectivity index (χ4v) is 4.23.